The van der Waals surface area contributed by atoms with E-state index in [-0.39, 0.29) is 0 Å². The minimum atomic E-state index is -0.504. The lowest BCUT2D eigenvalue weighted by Crippen LogP contribution is -2.37. The van der Waals surface area contributed by atoms with Crippen molar-refractivity contribution < 1.29 is 5.11 Å². The van der Waals surface area contributed by atoms with Gasteiger partial charge in [0, 0.05) is 23.8 Å². The van der Waals surface area contributed by atoms with Crippen molar-refractivity contribution in [3.8, 4) is 0 Å². The van der Waals surface area contributed by atoms with Gasteiger partial charge in [-0.3, -0.25) is 0 Å². The number of rotatable bonds is 3. The maximum atomic E-state index is 9.50. The van der Waals surface area contributed by atoms with Crippen molar-refractivity contribution >= 4 is 17.3 Å². The molecule has 1 fully saturated rings. The molecule has 2 rings (SSSR count). The molecular weight excluding hydrogens is 222 g/mol. The van der Waals surface area contributed by atoms with E-state index in [0.29, 0.717) is 11.1 Å². The van der Waals surface area contributed by atoms with Crippen LogP contribution in [-0.4, -0.2) is 18.2 Å². The first kappa shape index (κ1) is 11.7. The molecule has 1 unspecified atom stereocenters. The van der Waals surface area contributed by atoms with Gasteiger partial charge in [0.05, 0.1) is 6.10 Å². The van der Waals surface area contributed by atoms with Gasteiger partial charge in [0.2, 0.25) is 0 Å². The lowest BCUT2D eigenvalue weighted by Gasteiger charge is -2.36. The summed E-state index contributed by atoms with van der Waals surface area (Å²) in [5.74, 6) is 0. The van der Waals surface area contributed by atoms with Crippen LogP contribution >= 0.6 is 11.6 Å². The smallest absolute Gasteiger partial charge is 0.0776 e. The predicted molar refractivity (Wildman–Crippen MR) is 68.1 cm³/mol. The third-order valence-corrected chi connectivity index (χ3v) is 3.79. The number of aliphatic hydroxyl groups is 1. The highest BCUT2D eigenvalue weighted by Gasteiger charge is 2.22. The maximum Gasteiger partial charge on any atom is 0.0776 e. The lowest BCUT2D eigenvalue weighted by atomic mass is 9.91. The molecule has 1 saturated carbocycles. The highest BCUT2D eigenvalue weighted by Crippen LogP contribution is 2.32. The van der Waals surface area contributed by atoms with E-state index in [1.807, 2.05) is 18.2 Å². The summed E-state index contributed by atoms with van der Waals surface area (Å²) in [7, 11) is 2.11. The Labute approximate surface area is 102 Å². The highest BCUT2D eigenvalue weighted by atomic mass is 35.5. The molecule has 1 aliphatic carbocycles. The van der Waals surface area contributed by atoms with Gasteiger partial charge < -0.3 is 10.0 Å². The molecule has 1 aromatic carbocycles. The largest absolute Gasteiger partial charge is 0.389 e. The van der Waals surface area contributed by atoms with Gasteiger partial charge in [-0.15, -0.1) is 0 Å². The topological polar surface area (TPSA) is 23.5 Å². The summed E-state index contributed by atoms with van der Waals surface area (Å²) in [6, 6.07) is 6.56. The number of aliphatic hydroxyl groups excluding tert-OH is 1. The number of hydrogen-bond donors (Lipinski definition) is 1. The Morgan fingerprint density at radius 1 is 1.44 bits per heavy atom. The van der Waals surface area contributed by atoms with Gasteiger partial charge in [-0.05, 0) is 43.9 Å². The molecule has 0 spiro atoms. The average Bonchev–Trinajstić information content (AvgIpc) is 2.14. The lowest BCUT2D eigenvalue weighted by molar-refractivity contribution is 0.199. The maximum absolute atomic E-state index is 9.50. The first-order chi connectivity index (χ1) is 7.59. The standard InChI is InChI=1S/C13H18ClNO/c1-9(16)12-7-6-11(8-13(12)14)15(2)10-4-3-5-10/h6-10,16H,3-5H2,1-2H3. The van der Waals surface area contributed by atoms with Crippen molar-refractivity contribution in [3.63, 3.8) is 0 Å². The van der Waals surface area contributed by atoms with Crippen molar-refractivity contribution in [1.29, 1.82) is 0 Å². The molecule has 16 heavy (non-hydrogen) atoms. The second-order valence-corrected chi connectivity index (χ2v) is 4.98. The highest BCUT2D eigenvalue weighted by molar-refractivity contribution is 6.31. The van der Waals surface area contributed by atoms with Crippen LogP contribution in [0, 0.1) is 0 Å². The molecule has 0 heterocycles. The molecule has 3 heteroatoms. The van der Waals surface area contributed by atoms with Gasteiger partial charge in [0.25, 0.3) is 0 Å². The van der Waals surface area contributed by atoms with Gasteiger partial charge in [-0.2, -0.15) is 0 Å². The van der Waals surface area contributed by atoms with E-state index in [1.54, 1.807) is 6.92 Å². The summed E-state index contributed by atoms with van der Waals surface area (Å²) in [5.41, 5.74) is 1.94. The third-order valence-electron chi connectivity index (χ3n) is 3.46. The molecular formula is C13H18ClNO. The Hall–Kier alpha value is -0.730. The minimum Gasteiger partial charge on any atom is -0.389 e. The second kappa shape index (κ2) is 4.64. The van der Waals surface area contributed by atoms with Crippen LogP contribution in [0.3, 0.4) is 0 Å². The van der Waals surface area contributed by atoms with E-state index in [4.69, 9.17) is 11.6 Å². The van der Waals surface area contributed by atoms with Crippen molar-refractivity contribution in [3.05, 3.63) is 28.8 Å². The monoisotopic (exact) mass is 239 g/mol. The Bertz CT molecular complexity index is 374. The molecule has 1 aromatic rings. The normalized spacial score (nSPS) is 18.0. The average molecular weight is 240 g/mol. The van der Waals surface area contributed by atoms with E-state index in [9.17, 15) is 5.11 Å². The van der Waals surface area contributed by atoms with E-state index < -0.39 is 6.10 Å². The van der Waals surface area contributed by atoms with Crippen LogP contribution in [-0.2, 0) is 0 Å². The SMILES string of the molecule is CC(O)c1ccc(N(C)C2CCC2)cc1Cl. The van der Waals surface area contributed by atoms with Crippen LogP contribution in [0.1, 0.15) is 37.9 Å². The Morgan fingerprint density at radius 3 is 2.56 bits per heavy atom. The summed E-state index contributed by atoms with van der Waals surface area (Å²) in [4.78, 5) is 2.28. The molecule has 1 atom stereocenters. The molecule has 1 aliphatic rings. The Morgan fingerprint density at radius 2 is 2.12 bits per heavy atom. The quantitative estimate of drug-likeness (QED) is 0.874. The molecule has 88 valence electrons. The van der Waals surface area contributed by atoms with Gasteiger partial charge >= 0.3 is 0 Å². The fourth-order valence-electron chi connectivity index (χ4n) is 2.06. The molecule has 0 aromatic heterocycles. The molecule has 0 amide bonds. The van der Waals surface area contributed by atoms with Crippen molar-refractivity contribution in [2.75, 3.05) is 11.9 Å². The van der Waals surface area contributed by atoms with Crippen molar-refractivity contribution in [2.45, 2.75) is 38.3 Å². The van der Waals surface area contributed by atoms with Crippen LogP contribution in [0.2, 0.25) is 5.02 Å². The zero-order valence-electron chi connectivity index (χ0n) is 9.78. The van der Waals surface area contributed by atoms with E-state index >= 15 is 0 Å². The summed E-state index contributed by atoms with van der Waals surface area (Å²) in [6.45, 7) is 1.73. The fourth-order valence-corrected chi connectivity index (χ4v) is 2.39. The van der Waals surface area contributed by atoms with E-state index in [0.717, 1.165) is 11.3 Å². The number of anilines is 1. The Kier molecular flexibility index (Phi) is 3.41. The van der Waals surface area contributed by atoms with Crippen LogP contribution in [0.4, 0.5) is 5.69 Å². The molecule has 0 saturated heterocycles. The van der Waals surface area contributed by atoms with Crippen molar-refractivity contribution in [1.82, 2.24) is 0 Å². The number of nitrogens with zero attached hydrogens (tertiary/aromatic N) is 1. The third kappa shape index (κ3) is 2.18. The molecule has 2 nitrogen and oxygen atoms in total. The van der Waals surface area contributed by atoms with Crippen molar-refractivity contribution in [2.24, 2.45) is 0 Å². The van der Waals surface area contributed by atoms with E-state index in [1.165, 1.54) is 19.3 Å². The second-order valence-electron chi connectivity index (χ2n) is 4.58. The Balaban J connectivity index is 2.19. The van der Waals surface area contributed by atoms with Gasteiger partial charge in [0.15, 0.2) is 0 Å². The minimum absolute atomic E-state index is 0.504. The summed E-state index contributed by atoms with van der Waals surface area (Å²) in [6.07, 6.45) is 3.36. The number of benzene rings is 1. The van der Waals surface area contributed by atoms with Gasteiger partial charge in [-0.1, -0.05) is 17.7 Å². The molecule has 0 radical (unpaired) electrons. The summed E-state index contributed by atoms with van der Waals surface area (Å²) >= 11 is 6.15. The molecule has 1 N–H and O–H groups in total. The van der Waals surface area contributed by atoms with Crippen LogP contribution in [0.15, 0.2) is 18.2 Å². The van der Waals surface area contributed by atoms with Crippen LogP contribution in [0.25, 0.3) is 0 Å². The molecule has 0 aliphatic heterocycles. The van der Waals surface area contributed by atoms with Crippen LogP contribution < -0.4 is 4.90 Å². The van der Waals surface area contributed by atoms with Crippen LogP contribution in [0.5, 0.6) is 0 Å². The first-order valence-corrected chi connectivity index (χ1v) is 6.17. The summed E-state index contributed by atoms with van der Waals surface area (Å²) in [5, 5.41) is 10.2. The van der Waals surface area contributed by atoms with Gasteiger partial charge in [0.1, 0.15) is 0 Å². The first-order valence-electron chi connectivity index (χ1n) is 5.80. The number of halogens is 1. The number of hydrogen-bond acceptors (Lipinski definition) is 2. The zero-order valence-corrected chi connectivity index (χ0v) is 10.5. The fraction of sp³-hybridized carbons (Fsp3) is 0.538. The predicted octanol–water partition coefficient (Wildman–Crippen LogP) is 3.38. The van der Waals surface area contributed by atoms with E-state index in [2.05, 4.69) is 11.9 Å². The van der Waals surface area contributed by atoms with Gasteiger partial charge in [-0.25, -0.2) is 0 Å². The zero-order chi connectivity index (χ0) is 11.7. The summed E-state index contributed by atoms with van der Waals surface area (Å²) < 4.78 is 0. The molecule has 0 bridgehead atoms.